The van der Waals surface area contributed by atoms with Crippen molar-refractivity contribution in [2.45, 2.75) is 20.8 Å². The van der Waals surface area contributed by atoms with Crippen molar-refractivity contribution in [2.75, 3.05) is 7.11 Å². The van der Waals surface area contributed by atoms with Gasteiger partial charge in [-0.05, 0) is 56.2 Å². The van der Waals surface area contributed by atoms with Crippen LogP contribution in [-0.4, -0.2) is 21.7 Å². The predicted octanol–water partition coefficient (Wildman–Crippen LogP) is 3.33. The molecule has 0 saturated heterocycles. The van der Waals surface area contributed by atoms with Gasteiger partial charge in [0.25, 0.3) is 0 Å². The van der Waals surface area contributed by atoms with Crippen LogP contribution < -0.4 is 4.74 Å². The van der Waals surface area contributed by atoms with E-state index in [-0.39, 0.29) is 0 Å². The summed E-state index contributed by atoms with van der Waals surface area (Å²) in [5, 5.41) is 4.64. The van der Waals surface area contributed by atoms with Crippen molar-refractivity contribution in [3.05, 3.63) is 47.3 Å². The first kappa shape index (κ1) is 12.7. The van der Waals surface area contributed by atoms with Gasteiger partial charge in [-0.2, -0.15) is 5.10 Å². The Morgan fingerprint density at radius 1 is 1.05 bits per heavy atom. The average molecular weight is 267 g/mol. The number of hydrogen-bond donors (Lipinski definition) is 0. The summed E-state index contributed by atoms with van der Waals surface area (Å²) in [6.07, 6.45) is 1.94. The van der Waals surface area contributed by atoms with E-state index in [1.165, 1.54) is 0 Å². The highest BCUT2D eigenvalue weighted by Crippen LogP contribution is 2.29. The summed E-state index contributed by atoms with van der Waals surface area (Å²) in [4.78, 5) is 4.40. The van der Waals surface area contributed by atoms with E-state index in [0.29, 0.717) is 0 Å². The maximum atomic E-state index is 5.35. The van der Waals surface area contributed by atoms with Gasteiger partial charge in [-0.3, -0.25) is 0 Å². The normalized spacial score (nSPS) is 11.0. The minimum absolute atomic E-state index is 0.870. The number of nitrogens with zero attached hydrogens (tertiary/aromatic N) is 3. The number of aryl methyl sites for hydroxylation is 3. The fourth-order valence-corrected chi connectivity index (χ4v) is 2.43. The topological polar surface area (TPSA) is 39.4 Å². The Kier molecular flexibility index (Phi) is 2.93. The smallest absolute Gasteiger partial charge is 0.153 e. The van der Waals surface area contributed by atoms with Crippen LogP contribution in [0.4, 0.5) is 0 Å². The Morgan fingerprint density at radius 2 is 1.85 bits per heavy atom. The molecule has 0 spiro atoms. The summed E-state index contributed by atoms with van der Waals surface area (Å²) in [7, 11) is 1.69. The van der Waals surface area contributed by atoms with Gasteiger partial charge in [0.2, 0.25) is 0 Å². The van der Waals surface area contributed by atoms with Gasteiger partial charge in [0.1, 0.15) is 5.75 Å². The molecule has 0 amide bonds. The highest BCUT2D eigenvalue weighted by atomic mass is 16.5. The standard InChI is InChI=1S/C16H17N3O/c1-10-8-15(20-4)11(2)7-13(10)14-5-6-16-17-12(3)9-19(16)18-14/h5-9H,1-4H3. The zero-order chi connectivity index (χ0) is 14.3. The third-order valence-corrected chi connectivity index (χ3v) is 3.46. The molecule has 0 unspecified atom stereocenters. The summed E-state index contributed by atoms with van der Waals surface area (Å²) in [6, 6.07) is 8.17. The minimum atomic E-state index is 0.870. The average Bonchev–Trinajstić information content (AvgIpc) is 2.79. The SMILES string of the molecule is COc1cc(C)c(-c2ccc3nc(C)cn3n2)cc1C. The molecule has 0 saturated carbocycles. The molecule has 3 aromatic rings. The maximum Gasteiger partial charge on any atom is 0.153 e. The van der Waals surface area contributed by atoms with E-state index in [9.17, 15) is 0 Å². The monoisotopic (exact) mass is 267 g/mol. The van der Waals surface area contributed by atoms with Gasteiger partial charge in [0, 0.05) is 5.56 Å². The molecule has 0 aliphatic rings. The van der Waals surface area contributed by atoms with Crippen LogP contribution in [0.25, 0.3) is 16.9 Å². The zero-order valence-corrected chi connectivity index (χ0v) is 12.1. The van der Waals surface area contributed by atoms with Gasteiger partial charge in [-0.1, -0.05) is 0 Å². The van der Waals surface area contributed by atoms with Crippen LogP contribution in [0, 0.1) is 20.8 Å². The van der Waals surface area contributed by atoms with Crippen LogP contribution in [0.3, 0.4) is 0 Å². The lowest BCUT2D eigenvalue weighted by Crippen LogP contribution is -1.96. The lowest BCUT2D eigenvalue weighted by atomic mass is 10.0. The molecule has 0 aliphatic carbocycles. The van der Waals surface area contributed by atoms with Gasteiger partial charge in [0.05, 0.1) is 24.7 Å². The van der Waals surface area contributed by atoms with Gasteiger partial charge in [0.15, 0.2) is 5.65 Å². The molecule has 4 nitrogen and oxygen atoms in total. The molecule has 4 heteroatoms. The highest BCUT2D eigenvalue weighted by molar-refractivity contribution is 5.67. The van der Waals surface area contributed by atoms with Crippen LogP contribution in [0.1, 0.15) is 16.8 Å². The summed E-state index contributed by atoms with van der Waals surface area (Å²) in [5.41, 5.74) is 6.16. The van der Waals surface area contributed by atoms with Crippen molar-refractivity contribution in [2.24, 2.45) is 0 Å². The second-order valence-electron chi connectivity index (χ2n) is 5.04. The maximum absolute atomic E-state index is 5.35. The van der Waals surface area contributed by atoms with Crippen LogP contribution in [0.2, 0.25) is 0 Å². The van der Waals surface area contributed by atoms with Gasteiger partial charge < -0.3 is 4.74 Å². The Morgan fingerprint density at radius 3 is 2.60 bits per heavy atom. The first-order chi connectivity index (χ1) is 9.58. The first-order valence-electron chi connectivity index (χ1n) is 6.57. The molecule has 2 heterocycles. The number of methoxy groups -OCH3 is 1. The molecule has 0 fully saturated rings. The molecule has 3 rings (SSSR count). The molecule has 20 heavy (non-hydrogen) atoms. The van der Waals surface area contributed by atoms with Gasteiger partial charge >= 0.3 is 0 Å². The van der Waals surface area contributed by atoms with Gasteiger partial charge in [-0.25, -0.2) is 9.50 Å². The van der Waals surface area contributed by atoms with E-state index >= 15 is 0 Å². The van der Waals surface area contributed by atoms with Crippen LogP contribution >= 0.6 is 0 Å². The highest BCUT2D eigenvalue weighted by Gasteiger charge is 2.09. The minimum Gasteiger partial charge on any atom is -0.496 e. The Hall–Kier alpha value is -2.36. The molecule has 1 aromatic carbocycles. The number of aromatic nitrogens is 3. The van der Waals surface area contributed by atoms with E-state index in [1.54, 1.807) is 7.11 Å². The molecule has 2 aromatic heterocycles. The van der Waals surface area contributed by atoms with Gasteiger partial charge in [-0.15, -0.1) is 0 Å². The number of benzene rings is 1. The number of ether oxygens (including phenoxy) is 1. The molecular formula is C16H17N3O. The number of hydrogen-bond acceptors (Lipinski definition) is 3. The third-order valence-electron chi connectivity index (χ3n) is 3.46. The summed E-state index contributed by atoms with van der Waals surface area (Å²) < 4.78 is 7.18. The largest absolute Gasteiger partial charge is 0.496 e. The van der Waals surface area contributed by atoms with Crippen LogP contribution in [0.5, 0.6) is 5.75 Å². The molecular weight excluding hydrogens is 250 g/mol. The van der Waals surface area contributed by atoms with Crippen molar-refractivity contribution in [3.8, 4) is 17.0 Å². The van der Waals surface area contributed by atoms with E-state index in [1.807, 2.05) is 36.7 Å². The van der Waals surface area contributed by atoms with Crippen molar-refractivity contribution >= 4 is 5.65 Å². The summed E-state index contributed by atoms with van der Waals surface area (Å²) in [5.74, 6) is 0.908. The van der Waals surface area contributed by atoms with Crippen LogP contribution in [-0.2, 0) is 0 Å². The summed E-state index contributed by atoms with van der Waals surface area (Å²) >= 11 is 0. The van der Waals surface area contributed by atoms with E-state index < -0.39 is 0 Å². The lowest BCUT2D eigenvalue weighted by molar-refractivity contribution is 0.411. The van der Waals surface area contributed by atoms with E-state index in [0.717, 1.165) is 39.5 Å². The lowest BCUT2D eigenvalue weighted by Gasteiger charge is -2.11. The van der Waals surface area contributed by atoms with E-state index in [4.69, 9.17) is 4.74 Å². The van der Waals surface area contributed by atoms with Crippen molar-refractivity contribution < 1.29 is 4.74 Å². The molecule has 0 N–H and O–H groups in total. The van der Waals surface area contributed by atoms with Crippen molar-refractivity contribution in [3.63, 3.8) is 0 Å². The third kappa shape index (κ3) is 2.03. The number of fused-ring (bicyclic) bond motifs is 1. The Balaban J connectivity index is 2.17. The second-order valence-corrected chi connectivity index (χ2v) is 5.04. The zero-order valence-electron chi connectivity index (χ0n) is 12.1. The molecule has 0 bridgehead atoms. The fourth-order valence-electron chi connectivity index (χ4n) is 2.43. The molecule has 0 radical (unpaired) electrons. The van der Waals surface area contributed by atoms with Crippen molar-refractivity contribution in [1.29, 1.82) is 0 Å². The summed E-state index contributed by atoms with van der Waals surface area (Å²) in [6.45, 7) is 6.08. The van der Waals surface area contributed by atoms with Crippen molar-refractivity contribution in [1.82, 2.24) is 14.6 Å². The Labute approximate surface area is 118 Å². The fraction of sp³-hybridized carbons (Fsp3) is 0.250. The molecule has 0 atom stereocenters. The van der Waals surface area contributed by atoms with E-state index in [2.05, 4.69) is 29.1 Å². The predicted molar refractivity (Wildman–Crippen MR) is 79.2 cm³/mol. The number of rotatable bonds is 2. The second kappa shape index (κ2) is 4.63. The Bertz CT molecular complexity index is 790. The first-order valence-corrected chi connectivity index (χ1v) is 6.57. The molecule has 0 aliphatic heterocycles. The quantitative estimate of drug-likeness (QED) is 0.715. The molecule has 102 valence electrons. The number of imidazole rings is 1. The van der Waals surface area contributed by atoms with Crippen LogP contribution in [0.15, 0.2) is 30.5 Å².